The van der Waals surface area contributed by atoms with Crippen LogP contribution >= 0.6 is 0 Å². The van der Waals surface area contributed by atoms with Crippen molar-refractivity contribution in [3.63, 3.8) is 0 Å². The van der Waals surface area contributed by atoms with Gasteiger partial charge in [0.2, 0.25) is 0 Å². The molecule has 45 heavy (non-hydrogen) atoms. The average molecular weight is 714 g/mol. The molecule has 0 aliphatic carbocycles. The molecule has 0 N–H and O–H groups in total. The number of sulfonamides is 2. The highest BCUT2D eigenvalue weighted by molar-refractivity contribution is 8.12. The molecule has 1 aromatic rings. The lowest BCUT2D eigenvalue weighted by atomic mass is 10.1. The Balaban J connectivity index is -0.000000558. The number of alkyl halides is 3. The van der Waals surface area contributed by atoms with E-state index in [-0.39, 0.29) is 6.26 Å². The van der Waals surface area contributed by atoms with Crippen LogP contribution < -0.4 is 0 Å². The fourth-order valence-electron chi connectivity index (χ4n) is 4.00. The van der Waals surface area contributed by atoms with Crippen LogP contribution in [-0.2, 0) is 36.7 Å². The minimum absolute atomic E-state index is 0.246. The summed E-state index contributed by atoms with van der Waals surface area (Å²) < 4.78 is 106. The Morgan fingerprint density at radius 2 is 1.00 bits per heavy atom. The van der Waals surface area contributed by atoms with E-state index in [2.05, 4.69) is 79.2 Å². The van der Waals surface area contributed by atoms with Crippen molar-refractivity contribution in [3.05, 3.63) is 40.0 Å². The van der Waals surface area contributed by atoms with Crippen molar-refractivity contribution < 1.29 is 51.9 Å². The van der Waals surface area contributed by atoms with Crippen LogP contribution in [0.1, 0.15) is 84.6 Å². The summed E-state index contributed by atoms with van der Waals surface area (Å²) in [6.45, 7) is 16.1. The number of hydrogen-bond donors (Lipinski definition) is 0. The first kappa shape index (κ1) is 48.1. The SMILES string of the molecule is CCCC[N+](CCCC)(CCCC)CCCC.CS(=O)(=O)[N-]S(=O)(=O)C(F)(F)F.CS(=O)(=O)[O-].C[N+](C)(C)Cc1ccccc1. The Morgan fingerprint density at radius 1 is 0.689 bits per heavy atom. The van der Waals surface area contributed by atoms with Crippen LogP contribution in [-0.4, -0.2) is 104 Å². The van der Waals surface area contributed by atoms with Gasteiger partial charge < -0.3 is 17.6 Å². The molecule has 0 aromatic heterocycles. The molecule has 0 spiro atoms. The van der Waals surface area contributed by atoms with Gasteiger partial charge in [0, 0.05) is 18.1 Å². The van der Waals surface area contributed by atoms with E-state index in [0.29, 0.717) is 6.26 Å². The zero-order chi connectivity index (χ0) is 36.0. The number of nitrogens with zero attached hydrogens (tertiary/aromatic N) is 3. The highest BCUT2D eigenvalue weighted by Crippen LogP contribution is 2.29. The second kappa shape index (κ2) is 23.1. The van der Waals surface area contributed by atoms with Crippen LogP contribution in [0.4, 0.5) is 13.2 Å². The molecule has 0 aliphatic rings. The quantitative estimate of drug-likeness (QED) is 0.146. The molecule has 16 heteroatoms. The van der Waals surface area contributed by atoms with Gasteiger partial charge in [-0.1, -0.05) is 83.7 Å². The minimum atomic E-state index is -5.92. The van der Waals surface area contributed by atoms with Gasteiger partial charge in [-0.2, -0.15) is 13.2 Å². The Morgan fingerprint density at radius 3 is 1.20 bits per heavy atom. The van der Waals surface area contributed by atoms with Gasteiger partial charge in [-0.25, -0.2) is 25.3 Å². The van der Waals surface area contributed by atoms with Gasteiger partial charge in [-0.05, 0) is 25.7 Å². The Kier molecular flexibility index (Phi) is 24.7. The highest BCUT2D eigenvalue weighted by Gasteiger charge is 2.40. The third-order valence-corrected chi connectivity index (χ3v) is 8.42. The summed E-state index contributed by atoms with van der Waals surface area (Å²) in [4.78, 5) is 0. The smallest absolute Gasteiger partial charge is 0.480 e. The Labute approximate surface area is 272 Å². The first-order valence-corrected chi connectivity index (χ1v) is 20.2. The molecule has 0 saturated heterocycles. The van der Waals surface area contributed by atoms with Crippen molar-refractivity contribution >= 4 is 30.2 Å². The van der Waals surface area contributed by atoms with Gasteiger partial charge >= 0.3 is 5.51 Å². The molecule has 270 valence electrons. The predicted octanol–water partition coefficient (Wildman–Crippen LogP) is 6.23. The van der Waals surface area contributed by atoms with Crippen LogP contribution in [0, 0.1) is 0 Å². The van der Waals surface area contributed by atoms with Crippen LogP contribution in [0.15, 0.2) is 30.3 Å². The largest absolute Gasteiger partial charge is 0.748 e. The molecule has 0 fully saturated rings. The van der Waals surface area contributed by atoms with Crippen molar-refractivity contribution in [2.45, 2.75) is 91.1 Å². The van der Waals surface area contributed by atoms with E-state index < -0.39 is 35.7 Å². The van der Waals surface area contributed by atoms with Crippen LogP contribution in [0.3, 0.4) is 0 Å². The van der Waals surface area contributed by atoms with Crippen LogP contribution in [0.25, 0.3) is 4.13 Å². The van der Waals surface area contributed by atoms with E-state index in [0.717, 1.165) is 11.0 Å². The Hall–Kier alpha value is -1.30. The molecule has 10 nitrogen and oxygen atoms in total. The first-order valence-electron chi connectivity index (χ1n) is 15.1. The topological polar surface area (TPSA) is 140 Å². The summed E-state index contributed by atoms with van der Waals surface area (Å²) in [5, 5.41) is 0. The van der Waals surface area contributed by atoms with Crippen molar-refractivity contribution in [3.8, 4) is 0 Å². The molecule has 0 aliphatic heterocycles. The molecule has 0 atom stereocenters. The maximum absolute atomic E-state index is 11.4. The lowest BCUT2D eigenvalue weighted by Gasteiger charge is -2.39. The molecule has 1 aromatic carbocycles. The summed E-state index contributed by atoms with van der Waals surface area (Å²) in [5.74, 6) is 0. The first-order chi connectivity index (χ1) is 20.3. The van der Waals surface area contributed by atoms with Crippen molar-refractivity contribution in [1.82, 2.24) is 0 Å². The predicted molar refractivity (Wildman–Crippen MR) is 176 cm³/mol. The number of quaternary nitrogens is 2. The standard InChI is InChI=1S/C16H36N.C10H16N.C2H3F3NO4S2.CH4O3S/c1-5-9-13-17(14-10-6-2,15-11-7-3)16-12-8-4;1-11(2,3)9-10-7-5-4-6-8-10;1-11(7,8)6-12(9,10)2(3,4)5;1-5(2,3)4/h5-16H2,1-4H3;4-8H,9H2,1-3H3;1H3;1H3,(H,2,3,4)/q2*+1;-1;/p-1. The van der Waals surface area contributed by atoms with E-state index in [1.807, 2.05) is 0 Å². The third kappa shape index (κ3) is 32.4. The molecule has 0 unspecified atom stereocenters. The number of halogens is 3. The van der Waals surface area contributed by atoms with Gasteiger partial charge in [-0.15, -0.1) is 0 Å². The molecule has 0 radical (unpaired) electrons. The maximum atomic E-state index is 11.4. The average Bonchev–Trinajstić information content (AvgIpc) is 2.85. The fraction of sp³-hybridized carbons (Fsp3) is 0.793. The van der Waals surface area contributed by atoms with Crippen molar-refractivity contribution in [2.24, 2.45) is 0 Å². The fourth-order valence-corrected chi connectivity index (χ4v) is 5.76. The minimum Gasteiger partial charge on any atom is -0.748 e. The van der Waals surface area contributed by atoms with Gasteiger partial charge in [0.05, 0.1) is 67.5 Å². The summed E-state index contributed by atoms with van der Waals surface area (Å²) in [7, 11) is -7.78. The van der Waals surface area contributed by atoms with Crippen molar-refractivity contribution in [2.75, 3.05) is 59.8 Å². The lowest BCUT2D eigenvalue weighted by Crippen LogP contribution is -2.50. The van der Waals surface area contributed by atoms with E-state index in [1.54, 1.807) is 4.13 Å². The zero-order valence-electron chi connectivity index (χ0n) is 28.6. The van der Waals surface area contributed by atoms with E-state index >= 15 is 0 Å². The second-order valence-corrected chi connectivity index (χ2v) is 16.9. The third-order valence-electron chi connectivity index (χ3n) is 5.97. The van der Waals surface area contributed by atoms with E-state index in [4.69, 9.17) is 13.0 Å². The monoisotopic (exact) mass is 713 g/mol. The Bertz CT molecular complexity index is 1160. The molecule has 0 heterocycles. The van der Waals surface area contributed by atoms with Crippen LogP contribution in [0.5, 0.6) is 0 Å². The number of benzene rings is 1. The van der Waals surface area contributed by atoms with E-state index in [1.165, 1.54) is 87.6 Å². The van der Waals surface area contributed by atoms with Crippen molar-refractivity contribution in [1.29, 1.82) is 0 Å². The highest BCUT2D eigenvalue weighted by atomic mass is 32.3. The lowest BCUT2D eigenvalue weighted by molar-refractivity contribution is -0.929. The number of unbranched alkanes of at least 4 members (excludes halogenated alkanes) is 4. The van der Waals surface area contributed by atoms with Gasteiger partial charge in [-0.3, -0.25) is 0 Å². The molecular formula is C29H58F3N3O7S3. The number of hydrogen-bond acceptors (Lipinski definition) is 7. The zero-order valence-corrected chi connectivity index (χ0v) is 31.1. The summed E-state index contributed by atoms with van der Waals surface area (Å²) >= 11 is 0. The van der Waals surface area contributed by atoms with Gasteiger partial charge in [0.15, 0.2) is 10.0 Å². The van der Waals surface area contributed by atoms with Gasteiger partial charge in [0.25, 0.3) is 0 Å². The summed E-state index contributed by atoms with van der Waals surface area (Å²) in [5.41, 5.74) is -4.27. The summed E-state index contributed by atoms with van der Waals surface area (Å²) in [6, 6.07) is 10.6. The maximum Gasteiger partial charge on any atom is 0.480 e. The summed E-state index contributed by atoms with van der Waals surface area (Å²) in [6.07, 6.45) is 11.9. The van der Waals surface area contributed by atoms with E-state index in [9.17, 15) is 30.0 Å². The molecule has 1 rings (SSSR count). The number of rotatable bonds is 16. The van der Waals surface area contributed by atoms with Crippen LogP contribution in [0.2, 0.25) is 0 Å². The molecule has 0 bridgehead atoms. The molecule has 0 saturated carbocycles. The van der Waals surface area contributed by atoms with Gasteiger partial charge in [0.1, 0.15) is 6.54 Å². The second-order valence-electron chi connectivity index (χ2n) is 12.0. The normalized spacial score (nSPS) is 12.6. The molecular weight excluding hydrogens is 656 g/mol. The molecule has 0 amide bonds.